The normalized spacial score (nSPS) is 12.1. The van der Waals surface area contributed by atoms with E-state index in [-0.39, 0.29) is 6.10 Å². The maximum absolute atomic E-state index is 6.18. The fourth-order valence-corrected chi connectivity index (χ4v) is 4.53. The van der Waals surface area contributed by atoms with Gasteiger partial charge in [-0.2, -0.15) is 0 Å². The zero-order valence-corrected chi connectivity index (χ0v) is 21.9. The predicted molar refractivity (Wildman–Crippen MR) is 145 cm³/mol. The Kier molecular flexibility index (Phi) is 18.3. The highest BCUT2D eigenvalue weighted by atomic mass is 16.5. The fraction of sp³-hybridized carbons (Fsp3) is 0.742. The minimum atomic E-state index is 0.275. The van der Waals surface area contributed by atoms with E-state index in [0.717, 1.165) is 23.3 Å². The Bertz CT molecular complexity index is 561. The van der Waals surface area contributed by atoms with Crippen molar-refractivity contribution in [1.29, 1.82) is 0 Å². The SMILES string of the molecule is C=C(C)c1ccccc1OC(C)CCCCCCCCCCCCCCCCCCCC. The van der Waals surface area contributed by atoms with Crippen molar-refractivity contribution in [2.24, 2.45) is 0 Å². The highest BCUT2D eigenvalue weighted by molar-refractivity contribution is 5.66. The second kappa shape index (κ2) is 20.4. The summed E-state index contributed by atoms with van der Waals surface area (Å²) in [4.78, 5) is 0. The molecule has 1 aromatic rings. The van der Waals surface area contributed by atoms with Crippen LogP contribution in [0, 0.1) is 0 Å². The molecular weight excluding hydrogens is 388 g/mol. The van der Waals surface area contributed by atoms with Crippen molar-refractivity contribution < 1.29 is 4.74 Å². The largest absolute Gasteiger partial charge is 0.490 e. The summed E-state index contributed by atoms with van der Waals surface area (Å²) < 4.78 is 6.18. The van der Waals surface area contributed by atoms with Crippen LogP contribution in [0.25, 0.3) is 5.57 Å². The third-order valence-electron chi connectivity index (χ3n) is 6.64. The Morgan fingerprint density at radius 1 is 0.688 bits per heavy atom. The van der Waals surface area contributed by atoms with Crippen LogP contribution < -0.4 is 4.74 Å². The van der Waals surface area contributed by atoms with Gasteiger partial charge in [-0.25, -0.2) is 0 Å². The first-order valence-corrected chi connectivity index (χ1v) is 14.1. The molecule has 32 heavy (non-hydrogen) atoms. The number of rotatable bonds is 22. The lowest BCUT2D eigenvalue weighted by Crippen LogP contribution is -2.12. The maximum Gasteiger partial charge on any atom is 0.127 e. The van der Waals surface area contributed by atoms with Gasteiger partial charge in [-0.05, 0) is 38.3 Å². The Morgan fingerprint density at radius 3 is 1.53 bits per heavy atom. The van der Waals surface area contributed by atoms with E-state index in [0.29, 0.717) is 0 Å². The first-order chi connectivity index (χ1) is 15.6. The molecule has 1 aromatic carbocycles. The lowest BCUT2D eigenvalue weighted by atomic mass is 10.0. The average molecular weight is 443 g/mol. The zero-order chi connectivity index (χ0) is 23.3. The second-order valence-corrected chi connectivity index (χ2v) is 10.0. The Hall–Kier alpha value is -1.24. The van der Waals surface area contributed by atoms with Crippen molar-refractivity contribution in [2.75, 3.05) is 0 Å². The summed E-state index contributed by atoms with van der Waals surface area (Å²) in [5.41, 5.74) is 2.21. The van der Waals surface area contributed by atoms with Gasteiger partial charge >= 0.3 is 0 Å². The fourth-order valence-electron chi connectivity index (χ4n) is 4.53. The molecule has 1 atom stereocenters. The molecule has 1 nitrogen and oxygen atoms in total. The molecule has 0 aromatic heterocycles. The average Bonchev–Trinajstić information content (AvgIpc) is 2.78. The number of hydrogen-bond acceptors (Lipinski definition) is 1. The van der Waals surface area contributed by atoms with E-state index in [1.54, 1.807) is 0 Å². The lowest BCUT2D eigenvalue weighted by molar-refractivity contribution is 0.205. The third-order valence-corrected chi connectivity index (χ3v) is 6.64. The second-order valence-electron chi connectivity index (χ2n) is 10.0. The zero-order valence-electron chi connectivity index (χ0n) is 21.9. The summed E-state index contributed by atoms with van der Waals surface area (Å²) in [6, 6.07) is 8.26. The molecule has 0 saturated heterocycles. The molecule has 0 N–H and O–H groups in total. The molecular formula is C31H54O. The van der Waals surface area contributed by atoms with Gasteiger partial charge in [0.1, 0.15) is 5.75 Å². The molecule has 0 aliphatic rings. The lowest BCUT2D eigenvalue weighted by Gasteiger charge is -2.17. The van der Waals surface area contributed by atoms with Crippen molar-refractivity contribution in [1.82, 2.24) is 0 Å². The summed E-state index contributed by atoms with van der Waals surface area (Å²) in [6.45, 7) is 10.6. The standard InChI is InChI=1S/C31H54O/c1-5-6-7-8-9-10-11-12-13-14-15-16-17-18-19-20-21-22-25-29(4)32-31-27-24-23-26-30(31)28(2)3/h23-24,26-27,29H,2,5-22,25H2,1,3-4H3. The van der Waals surface area contributed by atoms with Crippen molar-refractivity contribution in [3.05, 3.63) is 36.4 Å². The summed E-state index contributed by atoms with van der Waals surface area (Å²) in [7, 11) is 0. The molecule has 0 aliphatic carbocycles. The van der Waals surface area contributed by atoms with E-state index in [1.165, 1.54) is 116 Å². The van der Waals surface area contributed by atoms with Gasteiger partial charge in [-0.15, -0.1) is 0 Å². The van der Waals surface area contributed by atoms with E-state index in [2.05, 4.69) is 38.6 Å². The molecule has 0 saturated carbocycles. The van der Waals surface area contributed by atoms with E-state index < -0.39 is 0 Å². The summed E-state index contributed by atoms with van der Waals surface area (Å²) >= 11 is 0. The van der Waals surface area contributed by atoms with E-state index in [1.807, 2.05) is 13.0 Å². The van der Waals surface area contributed by atoms with Gasteiger partial charge in [0.2, 0.25) is 0 Å². The maximum atomic E-state index is 6.18. The number of ether oxygens (including phenoxy) is 1. The van der Waals surface area contributed by atoms with Crippen LogP contribution in [0.3, 0.4) is 0 Å². The van der Waals surface area contributed by atoms with Crippen LogP contribution in [-0.4, -0.2) is 6.10 Å². The predicted octanol–water partition coefficient (Wildman–Crippen LogP) is 10.9. The Labute approximate surface area is 201 Å². The van der Waals surface area contributed by atoms with E-state index in [4.69, 9.17) is 4.74 Å². The number of para-hydroxylation sites is 1. The van der Waals surface area contributed by atoms with Gasteiger partial charge in [0.05, 0.1) is 6.10 Å². The number of benzene rings is 1. The number of hydrogen-bond donors (Lipinski definition) is 0. The highest BCUT2D eigenvalue weighted by Crippen LogP contribution is 2.26. The van der Waals surface area contributed by atoms with Crippen LogP contribution in [0.2, 0.25) is 0 Å². The first-order valence-electron chi connectivity index (χ1n) is 14.1. The summed E-state index contributed by atoms with van der Waals surface area (Å²) in [5.74, 6) is 0.981. The Morgan fingerprint density at radius 2 is 1.09 bits per heavy atom. The summed E-state index contributed by atoms with van der Waals surface area (Å²) in [5, 5.41) is 0. The molecule has 0 amide bonds. The molecule has 1 unspecified atom stereocenters. The molecule has 0 bridgehead atoms. The third kappa shape index (κ3) is 15.5. The number of unbranched alkanes of at least 4 members (excludes halogenated alkanes) is 17. The molecule has 0 heterocycles. The van der Waals surface area contributed by atoms with Gasteiger partial charge in [0.15, 0.2) is 0 Å². The van der Waals surface area contributed by atoms with Crippen molar-refractivity contribution in [3.63, 3.8) is 0 Å². The smallest absolute Gasteiger partial charge is 0.127 e. The first kappa shape index (κ1) is 28.8. The molecule has 1 rings (SSSR count). The van der Waals surface area contributed by atoms with Gasteiger partial charge < -0.3 is 4.74 Å². The molecule has 0 spiro atoms. The molecule has 1 heteroatoms. The van der Waals surface area contributed by atoms with Crippen LogP contribution in [0.15, 0.2) is 30.8 Å². The topological polar surface area (TPSA) is 9.23 Å². The van der Waals surface area contributed by atoms with Crippen molar-refractivity contribution >= 4 is 5.57 Å². The summed E-state index contributed by atoms with van der Waals surface area (Å²) in [6.07, 6.45) is 27.1. The van der Waals surface area contributed by atoms with Crippen LogP contribution in [0.5, 0.6) is 5.75 Å². The minimum Gasteiger partial charge on any atom is -0.490 e. The highest BCUT2D eigenvalue weighted by Gasteiger charge is 2.08. The number of allylic oxidation sites excluding steroid dienone is 1. The molecule has 0 fully saturated rings. The van der Waals surface area contributed by atoms with Gasteiger partial charge in [0.25, 0.3) is 0 Å². The van der Waals surface area contributed by atoms with E-state index >= 15 is 0 Å². The van der Waals surface area contributed by atoms with Crippen LogP contribution in [0.4, 0.5) is 0 Å². The molecule has 0 aliphatic heterocycles. The van der Waals surface area contributed by atoms with E-state index in [9.17, 15) is 0 Å². The van der Waals surface area contributed by atoms with Crippen LogP contribution >= 0.6 is 0 Å². The quantitative estimate of drug-likeness (QED) is 0.162. The molecule has 184 valence electrons. The van der Waals surface area contributed by atoms with Gasteiger partial charge in [-0.1, -0.05) is 141 Å². The molecule has 0 radical (unpaired) electrons. The van der Waals surface area contributed by atoms with Crippen molar-refractivity contribution in [3.8, 4) is 5.75 Å². The van der Waals surface area contributed by atoms with Crippen LogP contribution in [0.1, 0.15) is 148 Å². The minimum absolute atomic E-state index is 0.275. The Balaban J connectivity index is 1.85. The van der Waals surface area contributed by atoms with Crippen molar-refractivity contribution in [2.45, 2.75) is 149 Å². The van der Waals surface area contributed by atoms with Gasteiger partial charge in [-0.3, -0.25) is 0 Å². The monoisotopic (exact) mass is 442 g/mol. The van der Waals surface area contributed by atoms with Gasteiger partial charge in [0, 0.05) is 5.56 Å². The van der Waals surface area contributed by atoms with Crippen LogP contribution in [-0.2, 0) is 0 Å².